The fraction of sp³-hybridized carbons (Fsp3) is 0.296. The van der Waals surface area contributed by atoms with E-state index in [-0.39, 0.29) is 17.2 Å². The number of allylic oxidation sites excluding steroid dienone is 1. The summed E-state index contributed by atoms with van der Waals surface area (Å²) in [5, 5.41) is 7.41. The summed E-state index contributed by atoms with van der Waals surface area (Å²) in [6.07, 6.45) is 9.47. The second-order valence-corrected chi connectivity index (χ2v) is 9.74. The molecule has 1 aromatic carbocycles. The van der Waals surface area contributed by atoms with E-state index in [1.807, 2.05) is 42.5 Å². The van der Waals surface area contributed by atoms with Gasteiger partial charge in [-0.15, -0.1) is 0 Å². The molecule has 1 aromatic heterocycles. The summed E-state index contributed by atoms with van der Waals surface area (Å²) in [5.74, 6) is 1.05. The molecule has 2 aliphatic heterocycles. The Hall–Kier alpha value is -3.40. The fourth-order valence-electron chi connectivity index (χ4n) is 4.07. The zero-order chi connectivity index (χ0) is 24.7. The lowest BCUT2D eigenvalue weighted by molar-refractivity contribution is 0.0383. The molecule has 9 heteroatoms. The standard InChI is InChI=1S/C27H29N5O3S/c1-2-19-3-5-20(6-4-19)30-27-31-23-17-21(7-8-25(23)36-27)35-22-9-10-28-24(18-22)26(33)29-11-12-32-13-15-34-16-14-32/h2-10,17-18,23,25H,1,11-16H2,(H,29,33)(H,30,31). The number of carbonyl (C=O) groups excluding carboxylic acids is 1. The zero-order valence-electron chi connectivity index (χ0n) is 19.9. The van der Waals surface area contributed by atoms with Crippen LogP contribution < -0.4 is 15.4 Å². The van der Waals surface area contributed by atoms with Crippen LogP contribution in [0.4, 0.5) is 5.69 Å². The van der Waals surface area contributed by atoms with E-state index in [9.17, 15) is 4.79 Å². The molecule has 186 valence electrons. The minimum Gasteiger partial charge on any atom is -0.458 e. The highest BCUT2D eigenvalue weighted by atomic mass is 32.2. The predicted octanol–water partition coefficient (Wildman–Crippen LogP) is 3.57. The number of amidine groups is 1. The Morgan fingerprint density at radius 2 is 2.08 bits per heavy atom. The third-order valence-electron chi connectivity index (χ3n) is 6.05. The third-order valence-corrected chi connectivity index (χ3v) is 7.19. The van der Waals surface area contributed by atoms with Crippen molar-refractivity contribution < 1.29 is 14.3 Å². The van der Waals surface area contributed by atoms with Gasteiger partial charge in [-0.2, -0.15) is 0 Å². The largest absolute Gasteiger partial charge is 0.458 e. The van der Waals surface area contributed by atoms with Gasteiger partial charge in [0.05, 0.1) is 24.5 Å². The molecule has 0 radical (unpaired) electrons. The van der Waals surface area contributed by atoms with Gasteiger partial charge in [0, 0.05) is 44.1 Å². The van der Waals surface area contributed by atoms with Crippen molar-refractivity contribution in [3.05, 3.63) is 84.4 Å². The minimum atomic E-state index is -0.212. The maximum absolute atomic E-state index is 12.6. The van der Waals surface area contributed by atoms with Crippen LogP contribution in [-0.2, 0) is 4.74 Å². The first kappa shape index (κ1) is 24.3. The van der Waals surface area contributed by atoms with Crippen molar-refractivity contribution in [2.75, 3.05) is 44.7 Å². The zero-order valence-corrected chi connectivity index (χ0v) is 20.7. The molecule has 1 fully saturated rings. The summed E-state index contributed by atoms with van der Waals surface area (Å²) in [7, 11) is 0. The summed E-state index contributed by atoms with van der Waals surface area (Å²) >= 11 is 1.69. The molecule has 0 spiro atoms. The number of thioether (sulfide) groups is 1. The summed E-state index contributed by atoms with van der Waals surface area (Å²) < 4.78 is 11.4. The third kappa shape index (κ3) is 6.23. The van der Waals surface area contributed by atoms with Gasteiger partial charge in [-0.3, -0.25) is 19.7 Å². The van der Waals surface area contributed by atoms with Crippen LogP contribution in [0.15, 0.2) is 78.2 Å². The number of nitrogens with zero attached hydrogens (tertiary/aromatic N) is 3. The van der Waals surface area contributed by atoms with Crippen molar-refractivity contribution in [2.45, 2.75) is 11.3 Å². The Kier molecular flexibility index (Phi) is 7.80. The van der Waals surface area contributed by atoms with E-state index in [2.05, 4.69) is 33.2 Å². The highest BCUT2D eigenvalue weighted by Crippen LogP contribution is 2.33. The lowest BCUT2D eigenvalue weighted by Gasteiger charge is -2.26. The number of anilines is 1. The number of pyridine rings is 1. The van der Waals surface area contributed by atoms with Crippen molar-refractivity contribution >= 4 is 34.6 Å². The molecule has 1 saturated heterocycles. The molecule has 2 unspecified atom stereocenters. The van der Waals surface area contributed by atoms with E-state index in [1.54, 1.807) is 30.1 Å². The van der Waals surface area contributed by atoms with Gasteiger partial charge in [0.25, 0.3) is 5.91 Å². The maximum atomic E-state index is 12.6. The summed E-state index contributed by atoms with van der Waals surface area (Å²) in [6, 6.07) is 11.5. The topological polar surface area (TPSA) is 88.1 Å². The first-order valence-electron chi connectivity index (χ1n) is 12.0. The highest BCUT2D eigenvalue weighted by Gasteiger charge is 2.30. The second-order valence-electron chi connectivity index (χ2n) is 8.58. The van der Waals surface area contributed by atoms with Gasteiger partial charge in [0.1, 0.15) is 17.2 Å². The molecule has 8 nitrogen and oxygen atoms in total. The van der Waals surface area contributed by atoms with Crippen LogP contribution in [0.5, 0.6) is 5.75 Å². The Labute approximate surface area is 215 Å². The number of rotatable bonds is 8. The van der Waals surface area contributed by atoms with Crippen molar-refractivity contribution in [1.29, 1.82) is 0 Å². The van der Waals surface area contributed by atoms with Crippen LogP contribution in [0, 0.1) is 0 Å². The predicted molar refractivity (Wildman–Crippen MR) is 144 cm³/mol. The van der Waals surface area contributed by atoms with Crippen LogP contribution in [0.2, 0.25) is 0 Å². The number of ether oxygens (including phenoxy) is 2. The number of aromatic nitrogens is 1. The highest BCUT2D eigenvalue weighted by molar-refractivity contribution is 8.15. The fourth-order valence-corrected chi connectivity index (χ4v) is 5.12. The number of amides is 1. The molecule has 0 saturated carbocycles. The van der Waals surface area contributed by atoms with Gasteiger partial charge >= 0.3 is 0 Å². The number of hydrogen-bond acceptors (Lipinski definition) is 8. The second kappa shape index (κ2) is 11.6. The Morgan fingerprint density at radius 3 is 2.89 bits per heavy atom. The summed E-state index contributed by atoms with van der Waals surface area (Å²) in [4.78, 5) is 23.9. The van der Waals surface area contributed by atoms with E-state index >= 15 is 0 Å². The number of carbonyl (C=O) groups is 1. The molecule has 5 rings (SSSR count). The van der Waals surface area contributed by atoms with Crippen LogP contribution >= 0.6 is 11.8 Å². The van der Waals surface area contributed by atoms with E-state index in [0.29, 0.717) is 23.7 Å². The molecule has 2 aromatic rings. The van der Waals surface area contributed by atoms with Crippen molar-refractivity contribution in [2.24, 2.45) is 4.99 Å². The van der Waals surface area contributed by atoms with Gasteiger partial charge < -0.3 is 20.1 Å². The number of aliphatic imine (C=N–C) groups is 1. The number of hydrogen-bond donors (Lipinski definition) is 2. The average molecular weight is 504 g/mol. The van der Waals surface area contributed by atoms with Crippen LogP contribution in [0.3, 0.4) is 0 Å². The van der Waals surface area contributed by atoms with Crippen molar-refractivity contribution in [3.63, 3.8) is 0 Å². The molecule has 36 heavy (non-hydrogen) atoms. The van der Waals surface area contributed by atoms with Crippen LogP contribution in [0.1, 0.15) is 16.1 Å². The molecular formula is C27H29N5O3S. The number of fused-ring (bicyclic) bond motifs is 1. The quantitative estimate of drug-likeness (QED) is 0.569. The lowest BCUT2D eigenvalue weighted by Crippen LogP contribution is -2.41. The molecule has 1 aliphatic carbocycles. The van der Waals surface area contributed by atoms with Crippen molar-refractivity contribution in [1.82, 2.24) is 15.2 Å². The van der Waals surface area contributed by atoms with E-state index in [0.717, 1.165) is 49.3 Å². The monoisotopic (exact) mass is 503 g/mol. The number of nitrogens with one attached hydrogen (secondary N) is 2. The molecular weight excluding hydrogens is 474 g/mol. The lowest BCUT2D eigenvalue weighted by atomic mass is 10.1. The first-order valence-corrected chi connectivity index (χ1v) is 12.9. The van der Waals surface area contributed by atoms with Crippen LogP contribution in [-0.4, -0.2) is 71.6 Å². The first-order chi connectivity index (χ1) is 17.7. The smallest absolute Gasteiger partial charge is 0.270 e. The maximum Gasteiger partial charge on any atom is 0.270 e. The van der Waals surface area contributed by atoms with Crippen molar-refractivity contribution in [3.8, 4) is 5.75 Å². The van der Waals surface area contributed by atoms with E-state index < -0.39 is 0 Å². The van der Waals surface area contributed by atoms with Crippen LogP contribution in [0.25, 0.3) is 6.08 Å². The average Bonchev–Trinajstić information content (AvgIpc) is 3.31. The van der Waals surface area contributed by atoms with E-state index in [4.69, 9.17) is 14.5 Å². The molecule has 0 bridgehead atoms. The normalized spacial score (nSPS) is 21.2. The van der Waals surface area contributed by atoms with Gasteiger partial charge in [0.15, 0.2) is 5.17 Å². The van der Waals surface area contributed by atoms with E-state index in [1.165, 1.54) is 0 Å². The molecule has 1 amide bonds. The molecule has 2 atom stereocenters. The Balaban J connectivity index is 1.16. The summed E-state index contributed by atoms with van der Waals surface area (Å²) in [6.45, 7) is 8.42. The number of morpholine rings is 1. The Morgan fingerprint density at radius 1 is 1.25 bits per heavy atom. The molecule has 3 aliphatic rings. The van der Waals surface area contributed by atoms with Gasteiger partial charge in [-0.1, -0.05) is 42.6 Å². The van der Waals surface area contributed by atoms with Gasteiger partial charge in [0.2, 0.25) is 0 Å². The number of benzene rings is 1. The SMILES string of the molecule is C=Cc1ccc(NC2=NC3C=C(Oc4ccnc(C(=O)NCCN5CCOCC5)c4)C=CC3S2)cc1. The Bertz CT molecular complexity index is 1190. The summed E-state index contributed by atoms with van der Waals surface area (Å²) in [5.41, 5.74) is 2.39. The van der Waals surface area contributed by atoms with Gasteiger partial charge in [-0.25, -0.2) is 0 Å². The van der Waals surface area contributed by atoms with Gasteiger partial charge in [-0.05, 0) is 35.9 Å². The molecule has 3 heterocycles. The molecule has 2 N–H and O–H groups in total. The minimum absolute atomic E-state index is 0.0188.